The summed E-state index contributed by atoms with van der Waals surface area (Å²) >= 11 is 0. The molecule has 0 unspecified atom stereocenters. The molecule has 4 rings (SSSR count). The standard InChI is InChI=1S/C27H32N4O7/c1-4-37-25(33)19-6-5-7-20(15-19)29-26(34)31-12-10-27(11-13-31)16-21(30-38-27)24(32)28-17-18-8-9-22(35-2)23(14-18)36-3/h5-9,14-15H,4,10-13,16-17H2,1-3H3,(H,28,32)(H,29,34). The molecule has 2 heterocycles. The first-order valence-corrected chi connectivity index (χ1v) is 12.4. The van der Waals surface area contributed by atoms with Crippen LogP contribution in [0.4, 0.5) is 10.5 Å². The zero-order valence-corrected chi connectivity index (χ0v) is 21.7. The Bertz CT molecular complexity index is 1220. The van der Waals surface area contributed by atoms with Crippen LogP contribution in [0.15, 0.2) is 47.6 Å². The number of anilines is 1. The zero-order chi connectivity index (χ0) is 27.1. The number of benzene rings is 2. The highest BCUT2D eigenvalue weighted by Crippen LogP contribution is 2.35. The monoisotopic (exact) mass is 524 g/mol. The van der Waals surface area contributed by atoms with Crippen LogP contribution in [0.3, 0.4) is 0 Å². The number of rotatable bonds is 8. The van der Waals surface area contributed by atoms with Crippen molar-refractivity contribution in [1.82, 2.24) is 10.2 Å². The molecule has 0 radical (unpaired) electrons. The molecule has 0 bridgehead atoms. The second-order valence-electron chi connectivity index (χ2n) is 9.08. The van der Waals surface area contributed by atoms with Gasteiger partial charge < -0.3 is 34.6 Å². The first-order chi connectivity index (χ1) is 18.4. The van der Waals surface area contributed by atoms with Crippen molar-refractivity contribution < 1.29 is 33.4 Å². The number of ether oxygens (including phenoxy) is 3. The SMILES string of the molecule is CCOC(=O)c1cccc(NC(=O)N2CCC3(CC2)CC(C(=O)NCc2ccc(OC)c(OC)c2)=NO3)c1. The van der Waals surface area contributed by atoms with Crippen LogP contribution >= 0.6 is 0 Å². The maximum absolute atomic E-state index is 12.8. The van der Waals surface area contributed by atoms with Gasteiger partial charge in [0.15, 0.2) is 11.5 Å². The summed E-state index contributed by atoms with van der Waals surface area (Å²) in [6.45, 7) is 3.20. The van der Waals surface area contributed by atoms with E-state index in [0.29, 0.717) is 67.4 Å². The molecule has 1 spiro atoms. The van der Waals surface area contributed by atoms with Crippen molar-refractivity contribution in [3.8, 4) is 11.5 Å². The molecule has 3 amide bonds. The summed E-state index contributed by atoms with van der Waals surface area (Å²) in [5.41, 5.74) is 1.47. The van der Waals surface area contributed by atoms with Crippen LogP contribution in [0.25, 0.3) is 0 Å². The smallest absolute Gasteiger partial charge is 0.338 e. The summed E-state index contributed by atoms with van der Waals surface area (Å²) in [5, 5.41) is 9.77. The van der Waals surface area contributed by atoms with E-state index in [1.807, 2.05) is 6.07 Å². The van der Waals surface area contributed by atoms with Crippen molar-refractivity contribution in [2.24, 2.45) is 5.16 Å². The van der Waals surface area contributed by atoms with Crippen molar-refractivity contribution >= 4 is 29.3 Å². The lowest BCUT2D eigenvalue weighted by molar-refractivity contribution is -0.115. The molecule has 2 N–H and O–H groups in total. The molecule has 0 aliphatic carbocycles. The predicted molar refractivity (Wildman–Crippen MR) is 139 cm³/mol. The van der Waals surface area contributed by atoms with Crippen molar-refractivity contribution in [2.45, 2.75) is 38.3 Å². The zero-order valence-electron chi connectivity index (χ0n) is 21.7. The van der Waals surface area contributed by atoms with Gasteiger partial charge in [0, 0.05) is 44.6 Å². The molecule has 38 heavy (non-hydrogen) atoms. The van der Waals surface area contributed by atoms with Crippen LogP contribution in [0.1, 0.15) is 42.1 Å². The summed E-state index contributed by atoms with van der Waals surface area (Å²) in [6, 6.07) is 11.8. The number of methoxy groups -OCH3 is 2. The fraction of sp³-hybridized carbons (Fsp3) is 0.407. The first-order valence-electron chi connectivity index (χ1n) is 12.4. The van der Waals surface area contributed by atoms with Gasteiger partial charge in [-0.2, -0.15) is 0 Å². The molecule has 2 aromatic rings. The van der Waals surface area contributed by atoms with Crippen molar-refractivity contribution in [2.75, 3.05) is 39.2 Å². The molecule has 0 atom stereocenters. The van der Waals surface area contributed by atoms with Gasteiger partial charge in [-0.3, -0.25) is 4.79 Å². The molecule has 0 saturated carbocycles. The number of piperidine rings is 1. The highest BCUT2D eigenvalue weighted by Gasteiger charge is 2.44. The Labute approximate surface area is 221 Å². The Balaban J connectivity index is 1.26. The topological polar surface area (TPSA) is 128 Å². The summed E-state index contributed by atoms with van der Waals surface area (Å²) < 4.78 is 15.6. The number of amides is 3. The number of carbonyl (C=O) groups excluding carboxylic acids is 3. The second kappa shape index (κ2) is 11.8. The average Bonchev–Trinajstić information content (AvgIpc) is 3.35. The fourth-order valence-corrected chi connectivity index (χ4v) is 4.44. The summed E-state index contributed by atoms with van der Waals surface area (Å²) in [7, 11) is 3.12. The lowest BCUT2D eigenvalue weighted by Gasteiger charge is -2.37. The van der Waals surface area contributed by atoms with Crippen molar-refractivity contribution in [3.05, 3.63) is 53.6 Å². The average molecular weight is 525 g/mol. The Morgan fingerprint density at radius 1 is 1.05 bits per heavy atom. The lowest BCUT2D eigenvalue weighted by atomic mass is 9.87. The second-order valence-corrected chi connectivity index (χ2v) is 9.08. The number of urea groups is 1. The van der Waals surface area contributed by atoms with Crippen LogP contribution in [0.2, 0.25) is 0 Å². The minimum atomic E-state index is -0.601. The minimum absolute atomic E-state index is 0.271. The number of hydrogen-bond donors (Lipinski definition) is 2. The van der Waals surface area contributed by atoms with Gasteiger partial charge in [-0.15, -0.1) is 0 Å². The Morgan fingerprint density at radius 2 is 1.82 bits per heavy atom. The van der Waals surface area contributed by atoms with E-state index in [1.54, 1.807) is 62.4 Å². The number of nitrogens with one attached hydrogen (secondary N) is 2. The molecule has 1 saturated heterocycles. The third kappa shape index (κ3) is 6.16. The quantitative estimate of drug-likeness (QED) is 0.507. The van der Waals surface area contributed by atoms with Gasteiger partial charge in [0.1, 0.15) is 11.3 Å². The van der Waals surface area contributed by atoms with Gasteiger partial charge >= 0.3 is 12.0 Å². The maximum Gasteiger partial charge on any atom is 0.338 e. The third-order valence-corrected chi connectivity index (χ3v) is 6.59. The largest absolute Gasteiger partial charge is 0.493 e. The highest BCUT2D eigenvalue weighted by molar-refractivity contribution is 6.39. The van der Waals surface area contributed by atoms with Gasteiger partial charge in [-0.05, 0) is 42.8 Å². The van der Waals surface area contributed by atoms with E-state index in [2.05, 4.69) is 15.8 Å². The van der Waals surface area contributed by atoms with E-state index in [9.17, 15) is 14.4 Å². The number of nitrogens with zero attached hydrogens (tertiary/aromatic N) is 2. The fourth-order valence-electron chi connectivity index (χ4n) is 4.44. The molecule has 2 aromatic carbocycles. The van der Waals surface area contributed by atoms with Crippen molar-refractivity contribution in [3.63, 3.8) is 0 Å². The number of hydrogen-bond acceptors (Lipinski definition) is 8. The lowest BCUT2D eigenvalue weighted by Crippen LogP contribution is -2.48. The number of esters is 1. The van der Waals surface area contributed by atoms with Gasteiger partial charge in [0.2, 0.25) is 0 Å². The molecule has 11 heteroatoms. The van der Waals surface area contributed by atoms with E-state index >= 15 is 0 Å². The van der Waals surface area contributed by atoms with Crippen LogP contribution in [0.5, 0.6) is 11.5 Å². The van der Waals surface area contributed by atoms with E-state index in [1.165, 1.54) is 0 Å². The Morgan fingerprint density at radius 3 is 2.53 bits per heavy atom. The summed E-state index contributed by atoms with van der Waals surface area (Å²) in [4.78, 5) is 44.9. The van der Waals surface area contributed by atoms with E-state index in [4.69, 9.17) is 19.0 Å². The molecular formula is C27H32N4O7. The van der Waals surface area contributed by atoms with Crippen LogP contribution in [0, 0.1) is 0 Å². The molecule has 2 aliphatic heterocycles. The van der Waals surface area contributed by atoms with E-state index < -0.39 is 11.6 Å². The van der Waals surface area contributed by atoms with Crippen LogP contribution in [-0.4, -0.2) is 68.0 Å². The third-order valence-electron chi connectivity index (χ3n) is 6.59. The first kappa shape index (κ1) is 26.8. The molecule has 1 fully saturated rings. The normalized spacial score (nSPS) is 15.8. The molecular weight excluding hydrogens is 492 g/mol. The molecule has 0 aromatic heterocycles. The van der Waals surface area contributed by atoms with Gasteiger partial charge in [0.25, 0.3) is 5.91 Å². The maximum atomic E-state index is 12.8. The predicted octanol–water partition coefficient (Wildman–Crippen LogP) is 3.34. The number of carbonyl (C=O) groups is 3. The van der Waals surface area contributed by atoms with Gasteiger partial charge in [-0.25, -0.2) is 9.59 Å². The van der Waals surface area contributed by atoms with E-state index in [-0.39, 0.29) is 18.5 Å². The Kier molecular flexibility index (Phi) is 8.35. The number of oxime groups is 1. The highest BCUT2D eigenvalue weighted by atomic mass is 16.7. The van der Waals surface area contributed by atoms with Crippen LogP contribution < -0.4 is 20.1 Å². The number of likely N-dealkylation sites (tertiary alicyclic amines) is 1. The molecule has 2 aliphatic rings. The molecule has 11 nitrogen and oxygen atoms in total. The van der Waals surface area contributed by atoms with E-state index in [0.717, 1.165) is 5.56 Å². The molecule has 202 valence electrons. The summed E-state index contributed by atoms with van der Waals surface area (Å²) in [5.74, 6) is 0.467. The van der Waals surface area contributed by atoms with Gasteiger partial charge in [0.05, 0.1) is 26.4 Å². The summed E-state index contributed by atoms with van der Waals surface area (Å²) in [6.07, 6.45) is 1.46. The van der Waals surface area contributed by atoms with Gasteiger partial charge in [-0.1, -0.05) is 17.3 Å². The minimum Gasteiger partial charge on any atom is -0.493 e. The van der Waals surface area contributed by atoms with Crippen molar-refractivity contribution in [1.29, 1.82) is 0 Å². The Hall–Kier alpha value is -4.28. The van der Waals surface area contributed by atoms with Crippen LogP contribution in [-0.2, 0) is 20.9 Å².